The number of hydrogen-bond donors (Lipinski definition) is 1. The van der Waals surface area contributed by atoms with Gasteiger partial charge in [-0.05, 0) is 32.4 Å². The lowest BCUT2D eigenvalue weighted by Gasteiger charge is -2.39. The Morgan fingerprint density at radius 3 is 2.24 bits per heavy atom. The van der Waals surface area contributed by atoms with Crippen molar-refractivity contribution in [3.8, 4) is 0 Å². The van der Waals surface area contributed by atoms with E-state index in [1.807, 2.05) is 0 Å². The first-order valence-electron chi connectivity index (χ1n) is 6.35. The summed E-state index contributed by atoms with van der Waals surface area (Å²) >= 11 is 0. The van der Waals surface area contributed by atoms with Crippen LogP contribution in [-0.2, 0) is 6.18 Å². The number of hydrogen-bond acceptors (Lipinski definition) is 3. The van der Waals surface area contributed by atoms with Crippen molar-refractivity contribution in [1.29, 1.82) is 0 Å². The fraction of sp³-hybridized carbons (Fsp3) is 0.500. The smallest absolute Gasteiger partial charge is 0.416 e. The maximum Gasteiger partial charge on any atom is 0.416 e. The molecule has 1 rings (SSSR count). The third-order valence-electron chi connectivity index (χ3n) is 3.08. The van der Waals surface area contributed by atoms with E-state index in [2.05, 4.69) is 0 Å². The van der Waals surface area contributed by atoms with Gasteiger partial charge in [-0.25, -0.2) is 0 Å². The highest BCUT2D eigenvalue weighted by atomic mass is 19.4. The molecule has 1 aromatic carbocycles. The third kappa shape index (κ3) is 4.35. The van der Waals surface area contributed by atoms with Crippen LogP contribution in [0.1, 0.15) is 37.9 Å². The van der Waals surface area contributed by atoms with E-state index in [4.69, 9.17) is 5.73 Å². The second-order valence-corrected chi connectivity index (χ2v) is 5.74. The molecule has 0 bridgehead atoms. The molecule has 0 aliphatic rings. The average Bonchev–Trinajstić information content (AvgIpc) is 2.32. The van der Waals surface area contributed by atoms with E-state index in [9.17, 15) is 23.1 Å². The van der Waals surface area contributed by atoms with Gasteiger partial charge < -0.3 is 20.5 Å². The normalized spacial score (nSPS) is 13.9. The number of carboxylic acid groups (broad SMARTS) is 1. The maximum absolute atomic E-state index is 12.9. The molecule has 4 nitrogen and oxygen atoms in total. The molecule has 0 aliphatic carbocycles. The van der Waals surface area contributed by atoms with Crippen molar-refractivity contribution in [2.75, 3.05) is 6.54 Å². The van der Waals surface area contributed by atoms with E-state index >= 15 is 0 Å². The van der Waals surface area contributed by atoms with E-state index < -0.39 is 29.4 Å². The molecule has 118 valence electrons. The summed E-state index contributed by atoms with van der Waals surface area (Å²) in [4.78, 5) is 12.1. The zero-order valence-electron chi connectivity index (χ0n) is 12.1. The lowest BCUT2D eigenvalue weighted by molar-refractivity contribution is -0.270. The Morgan fingerprint density at radius 1 is 1.29 bits per heavy atom. The van der Waals surface area contributed by atoms with Gasteiger partial charge in [0.15, 0.2) is 0 Å². The quantitative estimate of drug-likeness (QED) is 0.930. The van der Waals surface area contributed by atoms with Crippen LogP contribution in [0.4, 0.5) is 18.0 Å². The number of carbonyl (C=O) groups is 1. The van der Waals surface area contributed by atoms with E-state index in [0.29, 0.717) is 0 Å². The van der Waals surface area contributed by atoms with Crippen LogP contribution >= 0.6 is 0 Å². The van der Waals surface area contributed by atoms with Crippen molar-refractivity contribution in [3.63, 3.8) is 0 Å². The molecule has 0 saturated carbocycles. The molecular formula is C14H18F3N2O2-. The van der Waals surface area contributed by atoms with E-state index in [0.717, 1.165) is 11.0 Å². The molecule has 0 aliphatic heterocycles. The van der Waals surface area contributed by atoms with Crippen LogP contribution in [0.25, 0.3) is 0 Å². The van der Waals surface area contributed by atoms with Gasteiger partial charge >= 0.3 is 6.18 Å². The minimum absolute atomic E-state index is 0.138. The van der Waals surface area contributed by atoms with Crippen molar-refractivity contribution in [2.45, 2.75) is 38.5 Å². The molecule has 0 heterocycles. The molecule has 0 radical (unpaired) electrons. The molecule has 7 heteroatoms. The van der Waals surface area contributed by atoms with Gasteiger partial charge in [0.1, 0.15) is 6.09 Å². The Balaban J connectivity index is 3.10. The van der Waals surface area contributed by atoms with Gasteiger partial charge in [-0.2, -0.15) is 13.2 Å². The van der Waals surface area contributed by atoms with Crippen LogP contribution in [0.5, 0.6) is 0 Å². The summed E-state index contributed by atoms with van der Waals surface area (Å²) in [7, 11) is 0. The van der Waals surface area contributed by atoms with Crippen LogP contribution in [-0.4, -0.2) is 23.1 Å². The van der Waals surface area contributed by atoms with E-state index in [-0.39, 0.29) is 12.1 Å². The van der Waals surface area contributed by atoms with Gasteiger partial charge in [0.25, 0.3) is 0 Å². The first kappa shape index (κ1) is 17.3. The molecule has 2 N–H and O–H groups in total. The molecule has 0 saturated heterocycles. The number of amides is 1. The predicted octanol–water partition coefficient (Wildman–Crippen LogP) is 2.15. The number of alkyl halides is 3. The topological polar surface area (TPSA) is 69.4 Å². The van der Waals surface area contributed by atoms with E-state index in [1.54, 1.807) is 20.8 Å². The molecule has 0 fully saturated rings. The average molecular weight is 303 g/mol. The summed E-state index contributed by atoms with van der Waals surface area (Å²) in [6.07, 6.45) is -6.01. The Labute approximate surface area is 121 Å². The first-order chi connectivity index (χ1) is 9.44. The van der Waals surface area contributed by atoms with Gasteiger partial charge in [0, 0.05) is 18.1 Å². The Bertz CT molecular complexity index is 510. The molecule has 21 heavy (non-hydrogen) atoms. The van der Waals surface area contributed by atoms with Gasteiger partial charge in [-0.15, -0.1) is 0 Å². The van der Waals surface area contributed by atoms with Gasteiger partial charge in [-0.3, -0.25) is 0 Å². The van der Waals surface area contributed by atoms with Gasteiger partial charge in [0.2, 0.25) is 0 Å². The highest BCUT2D eigenvalue weighted by Crippen LogP contribution is 2.34. The largest absolute Gasteiger partial charge is 0.530 e. The van der Waals surface area contributed by atoms with Crippen molar-refractivity contribution in [1.82, 2.24) is 4.90 Å². The molecule has 1 amide bonds. The Hall–Kier alpha value is -1.76. The van der Waals surface area contributed by atoms with E-state index in [1.165, 1.54) is 18.2 Å². The monoisotopic (exact) mass is 303 g/mol. The van der Waals surface area contributed by atoms with Crippen molar-refractivity contribution in [2.24, 2.45) is 5.73 Å². The second-order valence-electron chi connectivity index (χ2n) is 5.74. The Morgan fingerprint density at radius 2 is 1.81 bits per heavy atom. The molecular weight excluding hydrogens is 285 g/mol. The minimum Gasteiger partial charge on any atom is -0.530 e. The fourth-order valence-corrected chi connectivity index (χ4v) is 2.00. The van der Waals surface area contributed by atoms with Crippen molar-refractivity contribution in [3.05, 3.63) is 35.4 Å². The van der Waals surface area contributed by atoms with Crippen molar-refractivity contribution < 1.29 is 23.1 Å². The van der Waals surface area contributed by atoms with Gasteiger partial charge in [0.05, 0.1) is 5.56 Å². The molecule has 1 aromatic rings. The lowest BCUT2D eigenvalue weighted by Crippen LogP contribution is -2.53. The van der Waals surface area contributed by atoms with Crippen molar-refractivity contribution >= 4 is 6.09 Å². The van der Waals surface area contributed by atoms with Crippen LogP contribution in [0, 0.1) is 0 Å². The predicted molar refractivity (Wildman–Crippen MR) is 70.2 cm³/mol. The summed E-state index contributed by atoms with van der Waals surface area (Å²) in [6, 6.07) is 3.78. The third-order valence-corrected chi connectivity index (χ3v) is 3.08. The van der Waals surface area contributed by atoms with Crippen LogP contribution in [0.15, 0.2) is 24.3 Å². The zero-order chi connectivity index (χ0) is 16.4. The van der Waals surface area contributed by atoms with Crippen LogP contribution in [0.3, 0.4) is 0 Å². The second kappa shape index (κ2) is 5.93. The fourth-order valence-electron chi connectivity index (χ4n) is 2.00. The zero-order valence-corrected chi connectivity index (χ0v) is 12.1. The summed E-state index contributed by atoms with van der Waals surface area (Å²) in [5.41, 5.74) is 3.98. The number of nitrogens with two attached hydrogens (primary N) is 1. The highest BCUT2D eigenvalue weighted by molar-refractivity contribution is 5.63. The highest BCUT2D eigenvalue weighted by Gasteiger charge is 2.35. The molecule has 0 aromatic heterocycles. The molecule has 1 atom stereocenters. The van der Waals surface area contributed by atoms with Crippen LogP contribution < -0.4 is 10.8 Å². The minimum atomic E-state index is -4.54. The number of nitrogens with zero attached hydrogens (tertiary/aromatic N) is 1. The summed E-state index contributed by atoms with van der Waals surface area (Å²) in [5, 5.41) is 11.1. The summed E-state index contributed by atoms with van der Waals surface area (Å²) in [5.74, 6) is 0. The summed E-state index contributed by atoms with van der Waals surface area (Å²) in [6.45, 7) is 4.57. The molecule has 1 unspecified atom stereocenters. The SMILES string of the molecule is CC(C)(C)N(CC(N)c1ccccc1C(F)(F)F)C(=O)[O-]. The maximum atomic E-state index is 12.9. The number of rotatable bonds is 3. The number of carbonyl (C=O) groups excluding carboxylic acids is 1. The Kier molecular flexibility index (Phi) is 4.88. The van der Waals surface area contributed by atoms with Gasteiger partial charge in [-0.1, -0.05) is 18.2 Å². The number of benzene rings is 1. The number of halogens is 3. The summed E-state index contributed by atoms with van der Waals surface area (Å²) < 4.78 is 38.8. The van der Waals surface area contributed by atoms with Crippen LogP contribution in [0.2, 0.25) is 0 Å². The lowest BCUT2D eigenvalue weighted by atomic mass is 9.98. The molecule has 0 spiro atoms. The first-order valence-corrected chi connectivity index (χ1v) is 6.35. The standard InChI is InChI=1S/C14H19F3N2O2/c1-13(2,3)19(12(20)21)8-11(18)9-6-4-5-7-10(9)14(15,16)17/h4-7,11H,8,18H2,1-3H3,(H,20,21)/p-1.